The van der Waals surface area contributed by atoms with Gasteiger partial charge in [0.2, 0.25) is 5.91 Å². The zero-order chi connectivity index (χ0) is 49.9. The van der Waals surface area contributed by atoms with Crippen LogP contribution >= 0.6 is 7.82 Å². The number of carbonyl (C=O) groups is 1. The Morgan fingerprint density at radius 3 is 1.09 bits per heavy atom. The number of aliphatic hydroxyl groups is 1. The Morgan fingerprint density at radius 1 is 0.485 bits per heavy atom. The molecule has 3 atom stereocenters. The van der Waals surface area contributed by atoms with Gasteiger partial charge in [0.15, 0.2) is 0 Å². The highest BCUT2D eigenvalue weighted by molar-refractivity contribution is 7.47. The lowest BCUT2D eigenvalue weighted by Crippen LogP contribution is -2.45. The van der Waals surface area contributed by atoms with Gasteiger partial charge in [0, 0.05) is 6.42 Å². The van der Waals surface area contributed by atoms with Gasteiger partial charge in [0.1, 0.15) is 13.2 Å². The Hall–Kier alpha value is -0.760. The molecule has 0 saturated heterocycles. The van der Waals surface area contributed by atoms with Gasteiger partial charge in [-0.2, -0.15) is 0 Å². The molecule has 0 aromatic carbocycles. The smallest absolute Gasteiger partial charge is 0.387 e. The molecule has 68 heavy (non-hydrogen) atoms. The molecule has 0 fully saturated rings. The third kappa shape index (κ3) is 53.0. The second-order valence-electron chi connectivity index (χ2n) is 22.1. The Balaban J connectivity index is 3.64. The lowest BCUT2D eigenvalue weighted by Gasteiger charge is -2.25. The van der Waals surface area contributed by atoms with Gasteiger partial charge in [0.05, 0.1) is 39.9 Å². The van der Waals surface area contributed by atoms with Crippen LogP contribution in [0.5, 0.6) is 0 Å². The molecule has 9 heteroatoms. The summed E-state index contributed by atoms with van der Waals surface area (Å²) in [5.74, 6) is -0.177. The number of unbranched alkanes of at least 4 members (excludes halogenated alkanes) is 43. The number of quaternary nitrogens is 1. The highest BCUT2D eigenvalue weighted by Crippen LogP contribution is 2.43. The van der Waals surface area contributed by atoms with E-state index in [1.54, 1.807) is 6.08 Å². The molecule has 0 radical (unpaired) electrons. The molecule has 0 aliphatic heterocycles. The summed E-state index contributed by atoms with van der Waals surface area (Å²) in [5, 5.41) is 13.7. The summed E-state index contributed by atoms with van der Waals surface area (Å²) in [6.07, 6.45) is 64.1. The number of amides is 1. The molecule has 0 saturated carbocycles. The molecule has 1 amide bonds. The zero-order valence-electron chi connectivity index (χ0n) is 46.4. The first-order valence-electron chi connectivity index (χ1n) is 30.1. The molecule has 0 rings (SSSR count). The van der Waals surface area contributed by atoms with Crippen LogP contribution in [0.15, 0.2) is 12.2 Å². The normalized spacial score (nSPS) is 13.9. The largest absolute Gasteiger partial charge is 0.472 e. The minimum atomic E-state index is -4.32. The molecule has 3 N–H and O–H groups in total. The van der Waals surface area contributed by atoms with Crippen molar-refractivity contribution in [3.63, 3.8) is 0 Å². The molecular formula is C59H120N2O6P+. The van der Waals surface area contributed by atoms with Gasteiger partial charge in [0.25, 0.3) is 0 Å². The fourth-order valence-electron chi connectivity index (χ4n) is 9.28. The summed E-state index contributed by atoms with van der Waals surface area (Å²) >= 11 is 0. The number of carbonyl (C=O) groups excluding carboxylic acids is 1. The Morgan fingerprint density at radius 2 is 0.779 bits per heavy atom. The maximum atomic E-state index is 12.8. The molecule has 0 heterocycles. The van der Waals surface area contributed by atoms with Crippen molar-refractivity contribution in [2.24, 2.45) is 0 Å². The summed E-state index contributed by atoms with van der Waals surface area (Å²) in [7, 11) is 1.58. The van der Waals surface area contributed by atoms with E-state index in [2.05, 4.69) is 19.2 Å². The van der Waals surface area contributed by atoms with Gasteiger partial charge in [-0.25, -0.2) is 4.57 Å². The number of hydrogen-bond donors (Lipinski definition) is 3. The van der Waals surface area contributed by atoms with Crippen molar-refractivity contribution in [1.29, 1.82) is 0 Å². The first-order chi connectivity index (χ1) is 33.0. The van der Waals surface area contributed by atoms with Crippen LogP contribution in [0.2, 0.25) is 0 Å². The van der Waals surface area contributed by atoms with Gasteiger partial charge in [-0.15, -0.1) is 0 Å². The van der Waals surface area contributed by atoms with E-state index in [0.717, 1.165) is 44.9 Å². The summed E-state index contributed by atoms with van der Waals surface area (Å²) < 4.78 is 23.5. The van der Waals surface area contributed by atoms with E-state index in [1.165, 1.54) is 244 Å². The van der Waals surface area contributed by atoms with E-state index >= 15 is 0 Å². The number of nitrogens with zero attached hydrogens (tertiary/aromatic N) is 1. The second-order valence-corrected chi connectivity index (χ2v) is 23.5. The molecule has 0 spiro atoms. The van der Waals surface area contributed by atoms with Crippen molar-refractivity contribution < 1.29 is 32.9 Å². The molecule has 406 valence electrons. The Bertz CT molecular complexity index is 1120. The summed E-state index contributed by atoms with van der Waals surface area (Å²) in [5.41, 5.74) is 0. The van der Waals surface area contributed by atoms with Crippen molar-refractivity contribution in [3.8, 4) is 0 Å². The summed E-state index contributed by atoms with van der Waals surface area (Å²) in [6, 6.07) is -0.838. The minimum Gasteiger partial charge on any atom is -0.387 e. The first kappa shape index (κ1) is 67.2. The van der Waals surface area contributed by atoms with Gasteiger partial charge in [-0.05, 0) is 19.3 Å². The number of rotatable bonds is 56. The number of phosphoric acid groups is 1. The van der Waals surface area contributed by atoms with E-state index < -0.39 is 20.0 Å². The second kappa shape index (κ2) is 51.2. The topological polar surface area (TPSA) is 105 Å². The molecule has 8 nitrogen and oxygen atoms in total. The number of phosphoric ester groups is 1. The van der Waals surface area contributed by atoms with Crippen LogP contribution in [0, 0.1) is 0 Å². The highest BCUT2D eigenvalue weighted by atomic mass is 31.2. The molecule has 0 bridgehead atoms. The Labute approximate surface area is 424 Å². The van der Waals surface area contributed by atoms with Crippen LogP contribution in [0.4, 0.5) is 0 Å². The monoisotopic (exact) mass is 984 g/mol. The molecule has 0 aliphatic rings. The minimum absolute atomic E-state index is 0.0638. The maximum Gasteiger partial charge on any atom is 0.472 e. The fourth-order valence-corrected chi connectivity index (χ4v) is 10.0. The van der Waals surface area contributed by atoms with Crippen molar-refractivity contribution in [3.05, 3.63) is 12.2 Å². The Kier molecular flexibility index (Phi) is 50.6. The van der Waals surface area contributed by atoms with E-state index in [9.17, 15) is 19.4 Å². The van der Waals surface area contributed by atoms with Crippen LogP contribution in [-0.2, 0) is 18.4 Å². The van der Waals surface area contributed by atoms with Crippen molar-refractivity contribution in [2.75, 3.05) is 40.9 Å². The van der Waals surface area contributed by atoms with Crippen LogP contribution in [0.3, 0.4) is 0 Å². The van der Waals surface area contributed by atoms with E-state index in [0.29, 0.717) is 17.4 Å². The molecule has 3 unspecified atom stereocenters. The average molecular weight is 985 g/mol. The van der Waals surface area contributed by atoms with E-state index in [-0.39, 0.29) is 19.1 Å². The molecule has 0 aromatic heterocycles. The number of likely N-dealkylation sites (N-methyl/N-ethyl adjacent to an activating group) is 1. The number of allylic oxidation sites excluding steroid dienone is 1. The zero-order valence-corrected chi connectivity index (χ0v) is 47.3. The molecular weight excluding hydrogens is 864 g/mol. The third-order valence-electron chi connectivity index (χ3n) is 14.0. The lowest BCUT2D eigenvalue weighted by molar-refractivity contribution is -0.870. The first-order valence-corrected chi connectivity index (χ1v) is 31.6. The van der Waals surface area contributed by atoms with E-state index in [1.807, 2.05) is 27.2 Å². The van der Waals surface area contributed by atoms with Crippen molar-refractivity contribution >= 4 is 13.7 Å². The SMILES string of the molecule is CCCCCC/C=C/C(O)C(COP(=O)(O)OCC[N+](C)(C)C)NC(=O)CCCCCCCCCCCCCCCCCCCCCCCCCCCCCCCCCCCCCCCCCC. The number of hydrogen-bond acceptors (Lipinski definition) is 5. The van der Waals surface area contributed by atoms with Gasteiger partial charge in [-0.1, -0.05) is 296 Å². The fraction of sp³-hybridized carbons (Fsp3) is 0.949. The van der Waals surface area contributed by atoms with Crippen molar-refractivity contribution in [1.82, 2.24) is 5.32 Å². The number of aliphatic hydroxyl groups excluding tert-OH is 1. The van der Waals surface area contributed by atoms with Crippen LogP contribution < -0.4 is 5.32 Å². The highest BCUT2D eigenvalue weighted by Gasteiger charge is 2.27. The maximum absolute atomic E-state index is 12.8. The van der Waals surface area contributed by atoms with Gasteiger partial charge in [-0.3, -0.25) is 13.8 Å². The van der Waals surface area contributed by atoms with Gasteiger partial charge < -0.3 is 19.8 Å². The predicted molar refractivity (Wildman–Crippen MR) is 295 cm³/mol. The molecule has 0 aliphatic carbocycles. The third-order valence-corrected chi connectivity index (χ3v) is 15.0. The molecule has 0 aromatic rings. The lowest BCUT2D eigenvalue weighted by atomic mass is 10.0. The number of nitrogens with one attached hydrogen (secondary N) is 1. The van der Waals surface area contributed by atoms with Crippen LogP contribution in [-0.4, -0.2) is 73.4 Å². The summed E-state index contributed by atoms with van der Waals surface area (Å²) in [4.78, 5) is 23.0. The standard InChI is InChI=1S/C59H119N2O6P/c1-6-8-10-12-14-15-16-17-18-19-20-21-22-23-24-25-26-27-28-29-30-31-32-33-34-35-36-37-38-39-40-41-42-43-44-45-46-47-49-51-53-59(63)60-57(58(62)52-50-48-13-11-9-7-2)56-67-68(64,65)66-55-54-61(3,4)5/h50,52,57-58,62H,6-49,51,53-56H2,1-5H3,(H-,60,63,64,65)/p+1/b52-50+. The predicted octanol–water partition coefficient (Wildman–Crippen LogP) is 18.2. The average Bonchev–Trinajstić information content (AvgIpc) is 3.30. The van der Waals surface area contributed by atoms with Crippen LogP contribution in [0.1, 0.15) is 309 Å². The van der Waals surface area contributed by atoms with Crippen molar-refractivity contribution in [2.45, 2.75) is 321 Å². The van der Waals surface area contributed by atoms with Crippen LogP contribution in [0.25, 0.3) is 0 Å². The summed E-state index contributed by atoms with van der Waals surface area (Å²) in [6.45, 7) is 4.77. The quantitative estimate of drug-likeness (QED) is 0.0243. The van der Waals surface area contributed by atoms with Gasteiger partial charge >= 0.3 is 7.82 Å². The van der Waals surface area contributed by atoms with E-state index in [4.69, 9.17) is 9.05 Å².